The Labute approximate surface area is 177 Å². The number of hydrogen-bond donors (Lipinski definition) is 2. The van der Waals surface area contributed by atoms with Crippen LogP contribution in [-0.4, -0.2) is 48.9 Å². The number of likely N-dealkylation sites (tertiary alicyclic amines) is 1. The Bertz CT molecular complexity index is 779. The van der Waals surface area contributed by atoms with Crippen molar-refractivity contribution in [2.75, 3.05) is 26.2 Å². The maximum Gasteiger partial charge on any atom is 0.229 e. The van der Waals surface area contributed by atoms with Crippen LogP contribution in [0.25, 0.3) is 0 Å². The van der Waals surface area contributed by atoms with Crippen molar-refractivity contribution < 1.29 is 18.7 Å². The summed E-state index contributed by atoms with van der Waals surface area (Å²) in [5, 5.41) is 6.39. The summed E-state index contributed by atoms with van der Waals surface area (Å²) in [5.41, 5.74) is 0.776. The molecular formula is C22H31FN4O3. The molecule has 7 nitrogen and oxygen atoms in total. The van der Waals surface area contributed by atoms with Gasteiger partial charge in [-0.2, -0.15) is 0 Å². The van der Waals surface area contributed by atoms with Crippen LogP contribution in [0.1, 0.15) is 57.6 Å². The SMILES string of the molecule is CCNC(=NCCN1C(=O)CCCC1=O)NC(C)c1ccc(OCC2CC2)c(F)c1. The highest BCUT2D eigenvalue weighted by molar-refractivity contribution is 5.97. The number of ether oxygens (including phenoxy) is 1. The van der Waals surface area contributed by atoms with Gasteiger partial charge in [-0.15, -0.1) is 0 Å². The lowest BCUT2D eigenvalue weighted by Crippen LogP contribution is -2.42. The summed E-state index contributed by atoms with van der Waals surface area (Å²) in [6, 6.07) is 4.81. The van der Waals surface area contributed by atoms with Crippen LogP contribution in [0.2, 0.25) is 0 Å². The number of aliphatic imine (C=N–C) groups is 1. The van der Waals surface area contributed by atoms with Crippen molar-refractivity contribution in [1.82, 2.24) is 15.5 Å². The minimum Gasteiger partial charge on any atom is -0.490 e. The van der Waals surface area contributed by atoms with Crippen LogP contribution in [-0.2, 0) is 9.59 Å². The molecule has 164 valence electrons. The first kappa shape index (κ1) is 22.1. The first-order chi connectivity index (χ1) is 14.5. The number of hydrogen-bond acceptors (Lipinski definition) is 4. The number of benzene rings is 1. The molecule has 0 bridgehead atoms. The smallest absolute Gasteiger partial charge is 0.229 e. The molecule has 0 aromatic heterocycles. The van der Waals surface area contributed by atoms with Gasteiger partial charge >= 0.3 is 0 Å². The normalized spacial score (nSPS) is 18.4. The molecule has 1 aliphatic carbocycles. The molecule has 2 aliphatic rings. The number of amides is 2. The predicted octanol–water partition coefficient (Wildman–Crippen LogP) is 2.77. The van der Waals surface area contributed by atoms with E-state index in [9.17, 15) is 14.0 Å². The van der Waals surface area contributed by atoms with E-state index >= 15 is 0 Å². The molecule has 1 saturated heterocycles. The lowest BCUT2D eigenvalue weighted by molar-refractivity contribution is -0.147. The summed E-state index contributed by atoms with van der Waals surface area (Å²) in [5.74, 6) is 0.773. The number of imide groups is 1. The minimum absolute atomic E-state index is 0.132. The number of rotatable bonds is 9. The van der Waals surface area contributed by atoms with E-state index in [0.717, 1.165) is 18.4 Å². The Balaban J connectivity index is 1.56. The predicted molar refractivity (Wildman–Crippen MR) is 113 cm³/mol. The van der Waals surface area contributed by atoms with Gasteiger partial charge in [-0.25, -0.2) is 4.39 Å². The number of nitrogens with zero attached hydrogens (tertiary/aromatic N) is 2. The Morgan fingerprint density at radius 1 is 1.30 bits per heavy atom. The summed E-state index contributed by atoms with van der Waals surface area (Å²) in [7, 11) is 0. The van der Waals surface area contributed by atoms with Crippen molar-refractivity contribution in [3.05, 3.63) is 29.6 Å². The van der Waals surface area contributed by atoms with E-state index in [0.29, 0.717) is 50.8 Å². The third-order valence-corrected chi connectivity index (χ3v) is 5.30. The maximum atomic E-state index is 14.4. The molecule has 30 heavy (non-hydrogen) atoms. The average molecular weight is 419 g/mol. The zero-order valence-corrected chi connectivity index (χ0v) is 17.7. The molecule has 1 aromatic rings. The molecule has 1 heterocycles. The molecule has 1 atom stereocenters. The Hall–Kier alpha value is -2.64. The molecular weight excluding hydrogens is 387 g/mol. The van der Waals surface area contributed by atoms with Crippen molar-refractivity contribution in [3.8, 4) is 5.75 Å². The van der Waals surface area contributed by atoms with Gasteiger partial charge in [0.05, 0.1) is 19.2 Å². The van der Waals surface area contributed by atoms with Crippen molar-refractivity contribution in [1.29, 1.82) is 0 Å². The van der Waals surface area contributed by atoms with Crippen molar-refractivity contribution in [3.63, 3.8) is 0 Å². The first-order valence-corrected chi connectivity index (χ1v) is 10.8. The van der Waals surface area contributed by atoms with E-state index in [1.807, 2.05) is 19.9 Å². The molecule has 1 unspecified atom stereocenters. The number of nitrogens with one attached hydrogen (secondary N) is 2. The standard InChI is InChI=1S/C22H31FN4O3/c1-3-24-22(25-11-12-27-20(28)5-4-6-21(27)29)26-15(2)17-9-10-19(18(23)13-17)30-14-16-7-8-16/h9-10,13,15-16H,3-8,11-12,14H2,1-2H3,(H2,24,25,26). The summed E-state index contributed by atoms with van der Waals surface area (Å²) in [4.78, 5) is 29.5. The van der Waals surface area contributed by atoms with Gasteiger partial charge in [0.2, 0.25) is 11.8 Å². The van der Waals surface area contributed by atoms with Crippen LogP contribution < -0.4 is 15.4 Å². The maximum absolute atomic E-state index is 14.4. The van der Waals surface area contributed by atoms with E-state index < -0.39 is 0 Å². The van der Waals surface area contributed by atoms with E-state index in [4.69, 9.17) is 4.74 Å². The number of carbonyl (C=O) groups excluding carboxylic acids is 2. The van der Waals surface area contributed by atoms with Crippen LogP contribution in [0, 0.1) is 11.7 Å². The second-order valence-corrected chi connectivity index (χ2v) is 7.86. The van der Waals surface area contributed by atoms with Crippen LogP contribution in [0.4, 0.5) is 4.39 Å². The number of carbonyl (C=O) groups is 2. The highest BCUT2D eigenvalue weighted by atomic mass is 19.1. The number of halogens is 1. The highest BCUT2D eigenvalue weighted by Gasteiger charge is 2.25. The van der Waals surface area contributed by atoms with Gasteiger partial charge in [-0.05, 0) is 56.7 Å². The van der Waals surface area contributed by atoms with E-state index in [2.05, 4.69) is 15.6 Å². The highest BCUT2D eigenvalue weighted by Crippen LogP contribution is 2.30. The third kappa shape index (κ3) is 6.18. The average Bonchev–Trinajstić information content (AvgIpc) is 3.53. The van der Waals surface area contributed by atoms with Crippen molar-refractivity contribution in [2.24, 2.45) is 10.9 Å². The molecule has 8 heteroatoms. The number of guanidine groups is 1. The van der Waals surface area contributed by atoms with E-state index in [-0.39, 0.29) is 36.0 Å². The molecule has 0 radical (unpaired) electrons. The lowest BCUT2D eigenvalue weighted by atomic mass is 10.1. The van der Waals surface area contributed by atoms with Crippen LogP contribution in [0.3, 0.4) is 0 Å². The largest absolute Gasteiger partial charge is 0.490 e. The van der Waals surface area contributed by atoms with Crippen LogP contribution in [0.15, 0.2) is 23.2 Å². The monoisotopic (exact) mass is 418 g/mol. The van der Waals surface area contributed by atoms with Gasteiger partial charge in [0.1, 0.15) is 0 Å². The van der Waals surface area contributed by atoms with Gasteiger partial charge < -0.3 is 15.4 Å². The molecule has 1 aromatic carbocycles. The third-order valence-electron chi connectivity index (χ3n) is 5.30. The zero-order chi connectivity index (χ0) is 21.5. The second kappa shape index (κ2) is 10.4. The Kier molecular flexibility index (Phi) is 7.65. The van der Waals surface area contributed by atoms with E-state index in [1.54, 1.807) is 6.07 Å². The van der Waals surface area contributed by atoms with E-state index in [1.165, 1.54) is 11.0 Å². The number of piperidine rings is 1. The molecule has 0 spiro atoms. The van der Waals surface area contributed by atoms with Crippen molar-refractivity contribution >= 4 is 17.8 Å². The fourth-order valence-corrected chi connectivity index (χ4v) is 3.32. The fraction of sp³-hybridized carbons (Fsp3) is 0.591. The van der Waals surface area contributed by atoms with Crippen molar-refractivity contribution in [2.45, 2.75) is 52.0 Å². The topological polar surface area (TPSA) is 83.0 Å². The molecule has 2 amide bonds. The summed E-state index contributed by atoms with van der Waals surface area (Å²) in [6.07, 6.45) is 3.77. The molecule has 3 rings (SSSR count). The second-order valence-electron chi connectivity index (χ2n) is 7.86. The van der Waals surface area contributed by atoms with Gasteiger partial charge in [0, 0.05) is 25.9 Å². The molecule has 2 fully saturated rings. The minimum atomic E-state index is -0.370. The molecule has 1 aliphatic heterocycles. The van der Waals surface area contributed by atoms with Gasteiger partial charge in [-0.1, -0.05) is 6.07 Å². The zero-order valence-electron chi connectivity index (χ0n) is 17.7. The van der Waals surface area contributed by atoms with Crippen LogP contribution >= 0.6 is 0 Å². The van der Waals surface area contributed by atoms with Crippen LogP contribution in [0.5, 0.6) is 5.75 Å². The Morgan fingerprint density at radius 2 is 2.03 bits per heavy atom. The quantitative estimate of drug-likeness (QED) is 0.366. The van der Waals surface area contributed by atoms with Gasteiger partial charge in [0.25, 0.3) is 0 Å². The fourth-order valence-electron chi connectivity index (χ4n) is 3.32. The summed E-state index contributed by atoms with van der Waals surface area (Å²) < 4.78 is 19.9. The lowest BCUT2D eigenvalue weighted by Gasteiger charge is -2.24. The summed E-state index contributed by atoms with van der Waals surface area (Å²) >= 11 is 0. The van der Waals surface area contributed by atoms with Gasteiger partial charge in [0.15, 0.2) is 17.5 Å². The molecule has 2 N–H and O–H groups in total. The molecule has 1 saturated carbocycles. The first-order valence-electron chi connectivity index (χ1n) is 10.8. The summed E-state index contributed by atoms with van der Waals surface area (Å²) in [6.45, 7) is 5.67. The van der Waals surface area contributed by atoms with Gasteiger partial charge in [-0.3, -0.25) is 19.5 Å². The Morgan fingerprint density at radius 3 is 2.67 bits per heavy atom.